The summed E-state index contributed by atoms with van der Waals surface area (Å²) in [6.07, 6.45) is 14.0. The normalized spacial score (nSPS) is 21.7. The Labute approximate surface area is 110 Å². The Kier molecular flexibility index (Phi) is 3.45. The highest BCUT2D eigenvalue weighted by molar-refractivity contribution is 5.53. The molecule has 0 aromatic rings. The number of hydrogen-bond acceptors (Lipinski definition) is 1. The van der Waals surface area contributed by atoms with Crippen LogP contribution in [-0.4, -0.2) is 0 Å². The van der Waals surface area contributed by atoms with Crippen LogP contribution in [0.4, 0.5) is 0 Å². The van der Waals surface area contributed by atoms with E-state index in [0.29, 0.717) is 0 Å². The minimum atomic E-state index is 0.215. The molecule has 18 heavy (non-hydrogen) atoms. The first-order valence-electron chi connectivity index (χ1n) is 6.45. The van der Waals surface area contributed by atoms with Crippen LogP contribution in [0.1, 0.15) is 33.6 Å². The van der Waals surface area contributed by atoms with Gasteiger partial charge in [-0.15, -0.1) is 5.73 Å². The fourth-order valence-electron chi connectivity index (χ4n) is 2.73. The molecular formula is C17H21N. The average Bonchev–Trinajstić information content (AvgIpc) is 2.47. The maximum atomic E-state index is 5.35. The van der Waals surface area contributed by atoms with Crippen molar-refractivity contribution in [1.29, 1.82) is 0 Å². The summed E-state index contributed by atoms with van der Waals surface area (Å²) in [5.41, 5.74) is 14.6. The monoisotopic (exact) mass is 239 g/mol. The van der Waals surface area contributed by atoms with Crippen molar-refractivity contribution in [3.8, 4) is 0 Å². The minimum absolute atomic E-state index is 0.215. The third-order valence-corrected chi connectivity index (χ3v) is 3.60. The van der Waals surface area contributed by atoms with E-state index in [-0.39, 0.29) is 5.41 Å². The molecule has 0 unspecified atom stereocenters. The van der Waals surface area contributed by atoms with Gasteiger partial charge in [-0.3, -0.25) is 0 Å². The van der Waals surface area contributed by atoms with Gasteiger partial charge < -0.3 is 5.73 Å². The Morgan fingerprint density at radius 3 is 2.89 bits per heavy atom. The number of nitrogens with two attached hydrogens (primary N) is 1. The lowest BCUT2D eigenvalue weighted by Crippen LogP contribution is -2.08. The summed E-state index contributed by atoms with van der Waals surface area (Å²) in [6, 6.07) is 0. The van der Waals surface area contributed by atoms with Crippen LogP contribution >= 0.6 is 0 Å². The number of rotatable bonds is 1. The van der Waals surface area contributed by atoms with Crippen LogP contribution in [0.15, 0.2) is 64.6 Å². The first-order valence-corrected chi connectivity index (χ1v) is 6.45. The van der Waals surface area contributed by atoms with E-state index in [4.69, 9.17) is 5.73 Å². The molecule has 0 saturated heterocycles. The summed E-state index contributed by atoms with van der Waals surface area (Å²) in [5.74, 6) is 0. The second kappa shape index (κ2) is 4.88. The molecule has 2 aliphatic carbocycles. The molecule has 1 heteroatoms. The Balaban J connectivity index is 2.49. The molecule has 0 heterocycles. The molecule has 0 radical (unpaired) electrons. The van der Waals surface area contributed by atoms with Gasteiger partial charge in [0.1, 0.15) is 0 Å². The van der Waals surface area contributed by atoms with E-state index in [9.17, 15) is 0 Å². The van der Waals surface area contributed by atoms with Crippen molar-refractivity contribution in [3.63, 3.8) is 0 Å². The zero-order valence-corrected chi connectivity index (χ0v) is 11.5. The van der Waals surface area contributed by atoms with Gasteiger partial charge in [-0.2, -0.15) is 0 Å². The second-order valence-corrected chi connectivity index (χ2v) is 5.68. The molecule has 0 aromatic carbocycles. The van der Waals surface area contributed by atoms with Crippen molar-refractivity contribution in [3.05, 3.63) is 64.6 Å². The van der Waals surface area contributed by atoms with Gasteiger partial charge in [-0.05, 0) is 60.3 Å². The van der Waals surface area contributed by atoms with Gasteiger partial charge >= 0.3 is 0 Å². The van der Waals surface area contributed by atoms with Gasteiger partial charge in [0.05, 0.1) is 0 Å². The third-order valence-electron chi connectivity index (χ3n) is 3.60. The molecule has 0 atom stereocenters. The molecule has 2 N–H and O–H groups in total. The average molecular weight is 239 g/mol. The Bertz CT molecular complexity index is 530. The van der Waals surface area contributed by atoms with Crippen LogP contribution < -0.4 is 5.73 Å². The van der Waals surface area contributed by atoms with Crippen molar-refractivity contribution in [1.82, 2.24) is 0 Å². The van der Waals surface area contributed by atoms with E-state index in [1.165, 1.54) is 22.3 Å². The predicted molar refractivity (Wildman–Crippen MR) is 77.9 cm³/mol. The van der Waals surface area contributed by atoms with Crippen LogP contribution in [0, 0.1) is 5.41 Å². The highest BCUT2D eigenvalue weighted by Crippen LogP contribution is 2.48. The smallest absolute Gasteiger partial charge is 0.00135 e. The molecule has 94 valence electrons. The van der Waals surface area contributed by atoms with Crippen molar-refractivity contribution in [2.45, 2.75) is 33.6 Å². The maximum Gasteiger partial charge on any atom is -0.00135 e. The standard InChI is InChI=1S/C17H21N/c1-13-7-6-9-16-15(11-13)14(8-4-5-10-18)12-17(16,2)3/h4-7,9-10H,11-12,18H2,1-3H3/b10-5-. The summed E-state index contributed by atoms with van der Waals surface area (Å²) in [7, 11) is 0. The van der Waals surface area contributed by atoms with Crippen LogP contribution in [0.3, 0.4) is 0 Å². The summed E-state index contributed by atoms with van der Waals surface area (Å²) >= 11 is 0. The Morgan fingerprint density at radius 2 is 2.17 bits per heavy atom. The lowest BCUT2D eigenvalue weighted by atomic mass is 9.85. The molecule has 0 amide bonds. The van der Waals surface area contributed by atoms with Crippen LogP contribution in [-0.2, 0) is 0 Å². The van der Waals surface area contributed by atoms with Gasteiger partial charge in [0.2, 0.25) is 0 Å². The molecule has 2 aliphatic rings. The topological polar surface area (TPSA) is 26.0 Å². The minimum Gasteiger partial charge on any atom is -0.405 e. The zero-order valence-electron chi connectivity index (χ0n) is 11.5. The predicted octanol–water partition coefficient (Wildman–Crippen LogP) is 4.17. The first kappa shape index (κ1) is 12.7. The molecule has 0 spiro atoms. The fraction of sp³-hybridized carbons (Fsp3) is 0.353. The molecule has 0 fully saturated rings. The van der Waals surface area contributed by atoms with Gasteiger partial charge in [0, 0.05) is 0 Å². The lowest BCUT2D eigenvalue weighted by molar-refractivity contribution is 0.478. The van der Waals surface area contributed by atoms with Crippen molar-refractivity contribution in [2.75, 3.05) is 0 Å². The van der Waals surface area contributed by atoms with Crippen LogP contribution in [0.25, 0.3) is 0 Å². The quantitative estimate of drug-likeness (QED) is 0.539. The van der Waals surface area contributed by atoms with Gasteiger partial charge in [-0.1, -0.05) is 37.6 Å². The largest absolute Gasteiger partial charge is 0.405 e. The second-order valence-electron chi connectivity index (χ2n) is 5.68. The van der Waals surface area contributed by atoms with E-state index in [1.54, 1.807) is 6.20 Å². The Hall–Kier alpha value is -1.72. The number of allylic oxidation sites excluding steroid dienone is 8. The molecular weight excluding hydrogens is 218 g/mol. The van der Waals surface area contributed by atoms with E-state index >= 15 is 0 Å². The molecule has 2 rings (SSSR count). The van der Waals surface area contributed by atoms with Gasteiger partial charge in [-0.25, -0.2) is 0 Å². The highest BCUT2D eigenvalue weighted by Gasteiger charge is 2.34. The van der Waals surface area contributed by atoms with Crippen molar-refractivity contribution >= 4 is 0 Å². The fourth-order valence-corrected chi connectivity index (χ4v) is 2.73. The van der Waals surface area contributed by atoms with Crippen LogP contribution in [0.5, 0.6) is 0 Å². The van der Waals surface area contributed by atoms with E-state index in [2.05, 4.69) is 44.7 Å². The lowest BCUT2D eigenvalue weighted by Gasteiger charge is -2.19. The summed E-state index contributed by atoms with van der Waals surface area (Å²) < 4.78 is 0. The maximum absolute atomic E-state index is 5.35. The summed E-state index contributed by atoms with van der Waals surface area (Å²) in [5, 5.41) is 0. The highest BCUT2D eigenvalue weighted by atomic mass is 14.5. The first-order chi connectivity index (χ1) is 8.54. The zero-order chi connectivity index (χ0) is 13.2. The molecule has 0 aliphatic heterocycles. The van der Waals surface area contributed by atoms with E-state index < -0.39 is 0 Å². The van der Waals surface area contributed by atoms with Gasteiger partial charge in [0.15, 0.2) is 0 Å². The van der Waals surface area contributed by atoms with Crippen molar-refractivity contribution in [2.24, 2.45) is 11.1 Å². The third kappa shape index (κ3) is 2.42. The SMILES string of the molecule is CC1=CC=CC2=C(C1)C(=C=C/C=C\N)CC2(C)C. The molecule has 0 aromatic heterocycles. The molecule has 0 bridgehead atoms. The van der Waals surface area contributed by atoms with Gasteiger partial charge in [0.25, 0.3) is 0 Å². The Morgan fingerprint density at radius 1 is 1.39 bits per heavy atom. The van der Waals surface area contributed by atoms with E-state index in [0.717, 1.165) is 12.8 Å². The van der Waals surface area contributed by atoms with E-state index in [1.807, 2.05) is 12.2 Å². The molecule has 0 saturated carbocycles. The molecule has 1 nitrogen and oxygen atoms in total. The summed E-state index contributed by atoms with van der Waals surface area (Å²) in [4.78, 5) is 0. The summed E-state index contributed by atoms with van der Waals surface area (Å²) in [6.45, 7) is 6.80. The number of hydrogen-bond donors (Lipinski definition) is 1. The van der Waals surface area contributed by atoms with Crippen LogP contribution in [0.2, 0.25) is 0 Å². The van der Waals surface area contributed by atoms with Crippen molar-refractivity contribution < 1.29 is 0 Å².